The van der Waals surface area contributed by atoms with E-state index in [9.17, 15) is 4.79 Å². The van der Waals surface area contributed by atoms with Crippen molar-refractivity contribution >= 4 is 5.91 Å². The summed E-state index contributed by atoms with van der Waals surface area (Å²) in [4.78, 5) is 14.0. The quantitative estimate of drug-likeness (QED) is 0.850. The maximum atomic E-state index is 11.6. The smallest absolute Gasteiger partial charge is 0.286 e. The molecule has 1 aromatic rings. The summed E-state index contributed by atoms with van der Waals surface area (Å²) >= 11 is 0. The molecule has 1 N–H and O–H groups in total. The minimum Gasteiger partial charge on any atom is -0.455 e. The van der Waals surface area contributed by atoms with E-state index in [1.54, 1.807) is 6.07 Å². The fourth-order valence-corrected chi connectivity index (χ4v) is 2.07. The van der Waals surface area contributed by atoms with Crippen LogP contribution in [0.15, 0.2) is 16.5 Å². The molecule has 0 bridgehead atoms. The highest BCUT2D eigenvalue weighted by Gasteiger charge is 2.15. The summed E-state index contributed by atoms with van der Waals surface area (Å²) < 4.78 is 5.55. The molecule has 0 aliphatic carbocycles. The predicted molar refractivity (Wildman–Crippen MR) is 65.8 cm³/mol. The van der Waals surface area contributed by atoms with Crippen LogP contribution >= 0.6 is 0 Å². The second kappa shape index (κ2) is 5.87. The molecule has 0 radical (unpaired) electrons. The Balaban J connectivity index is 1.88. The van der Waals surface area contributed by atoms with E-state index >= 15 is 0 Å². The summed E-state index contributed by atoms with van der Waals surface area (Å²) in [7, 11) is 0. The Labute approximate surface area is 102 Å². The second-order valence-corrected chi connectivity index (χ2v) is 4.51. The first-order chi connectivity index (χ1) is 8.29. The van der Waals surface area contributed by atoms with Crippen molar-refractivity contribution in [1.82, 2.24) is 10.2 Å². The first-order valence-corrected chi connectivity index (χ1v) is 6.39. The van der Waals surface area contributed by atoms with Crippen LogP contribution in [0.25, 0.3) is 0 Å². The molecule has 1 aliphatic rings. The number of likely N-dealkylation sites (tertiary alicyclic amines) is 1. The zero-order valence-corrected chi connectivity index (χ0v) is 10.4. The molecule has 0 saturated carbocycles. The van der Waals surface area contributed by atoms with Crippen molar-refractivity contribution in [3.63, 3.8) is 0 Å². The molecule has 17 heavy (non-hydrogen) atoms. The van der Waals surface area contributed by atoms with E-state index in [1.807, 2.05) is 13.0 Å². The van der Waals surface area contributed by atoms with Crippen LogP contribution in [0, 0.1) is 0 Å². The number of hydrogen-bond acceptors (Lipinski definition) is 3. The van der Waals surface area contributed by atoms with Crippen LogP contribution in [-0.4, -0.2) is 30.4 Å². The SMILES string of the molecule is CCCNC(=O)c1ccc(CN2CCCC2)o1. The molecule has 2 rings (SSSR count). The number of carbonyl (C=O) groups is 1. The summed E-state index contributed by atoms with van der Waals surface area (Å²) in [6.07, 6.45) is 3.47. The molecular formula is C13H20N2O2. The molecule has 0 spiro atoms. The van der Waals surface area contributed by atoms with Crippen molar-refractivity contribution < 1.29 is 9.21 Å². The maximum Gasteiger partial charge on any atom is 0.286 e. The third-order valence-corrected chi connectivity index (χ3v) is 3.00. The minimum atomic E-state index is -0.112. The highest BCUT2D eigenvalue weighted by molar-refractivity contribution is 5.91. The third kappa shape index (κ3) is 3.33. The third-order valence-electron chi connectivity index (χ3n) is 3.00. The lowest BCUT2D eigenvalue weighted by atomic mass is 10.4. The first kappa shape index (κ1) is 12.2. The van der Waals surface area contributed by atoms with Crippen LogP contribution in [0.2, 0.25) is 0 Å². The van der Waals surface area contributed by atoms with Gasteiger partial charge in [0, 0.05) is 6.54 Å². The van der Waals surface area contributed by atoms with Gasteiger partial charge < -0.3 is 9.73 Å². The van der Waals surface area contributed by atoms with E-state index in [-0.39, 0.29) is 5.91 Å². The predicted octanol–water partition coefficient (Wildman–Crippen LogP) is 2.02. The van der Waals surface area contributed by atoms with Crippen LogP contribution in [-0.2, 0) is 6.54 Å². The highest BCUT2D eigenvalue weighted by atomic mass is 16.4. The topological polar surface area (TPSA) is 45.5 Å². The lowest BCUT2D eigenvalue weighted by Gasteiger charge is -2.11. The van der Waals surface area contributed by atoms with Crippen molar-refractivity contribution in [1.29, 1.82) is 0 Å². The average Bonchev–Trinajstić information content (AvgIpc) is 2.98. The monoisotopic (exact) mass is 236 g/mol. The Bertz CT molecular complexity index is 367. The van der Waals surface area contributed by atoms with Crippen molar-refractivity contribution in [3.05, 3.63) is 23.7 Å². The average molecular weight is 236 g/mol. The van der Waals surface area contributed by atoms with Crippen LogP contribution in [0.4, 0.5) is 0 Å². The molecule has 4 heteroatoms. The van der Waals surface area contributed by atoms with Crippen LogP contribution in [0.3, 0.4) is 0 Å². The molecule has 94 valence electrons. The maximum absolute atomic E-state index is 11.6. The van der Waals surface area contributed by atoms with E-state index in [4.69, 9.17) is 4.42 Å². The summed E-state index contributed by atoms with van der Waals surface area (Å²) in [6, 6.07) is 3.66. The molecule has 0 unspecified atom stereocenters. The fraction of sp³-hybridized carbons (Fsp3) is 0.615. The van der Waals surface area contributed by atoms with E-state index in [0.717, 1.165) is 31.8 Å². The lowest BCUT2D eigenvalue weighted by molar-refractivity contribution is 0.0922. The number of furan rings is 1. The standard InChI is InChI=1S/C13H20N2O2/c1-2-7-14-13(16)12-6-5-11(17-12)10-15-8-3-4-9-15/h5-6H,2-4,7-10H2,1H3,(H,14,16). The van der Waals surface area contributed by atoms with E-state index in [2.05, 4.69) is 10.2 Å². The normalized spacial score (nSPS) is 16.3. The first-order valence-electron chi connectivity index (χ1n) is 6.39. The molecule has 1 saturated heterocycles. The van der Waals surface area contributed by atoms with Gasteiger partial charge in [-0.3, -0.25) is 9.69 Å². The zero-order chi connectivity index (χ0) is 12.1. The molecule has 1 aliphatic heterocycles. The van der Waals surface area contributed by atoms with Gasteiger partial charge in [0.1, 0.15) is 5.76 Å². The van der Waals surface area contributed by atoms with E-state index < -0.39 is 0 Å². The van der Waals surface area contributed by atoms with Crippen LogP contribution in [0.1, 0.15) is 42.5 Å². The second-order valence-electron chi connectivity index (χ2n) is 4.51. The minimum absolute atomic E-state index is 0.112. The summed E-state index contributed by atoms with van der Waals surface area (Å²) in [5.74, 6) is 1.20. The van der Waals surface area contributed by atoms with Gasteiger partial charge in [0.05, 0.1) is 6.54 Å². The van der Waals surface area contributed by atoms with E-state index in [0.29, 0.717) is 12.3 Å². The van der Waals surface area contributed by atoms with Gasteiger partial charge >= 0.3 is 0 Å². The van der Waals surface area contributed by atoms with Crippen molar-refractivity contribution in [2.75, 3.05) is 19.6 Å². The van der Waals surface area contributed by atoms with E-state index in [1.165, 1.54) is 12.8 Å². The zero-order valence-electron chi connectivity index (χ0n) is 10.4. The number of hydrogen-bond donors (Lipinski definition) is 1. The van der Waals surface area contributed by atoms with Gasteiger partial charge in [-0.15, -0.1) is 0 Å². The molecule has 0 atom stereocenters. The highest BCUT2D eigenvalue weighted by Crippen LogP contribution is 2.15. The van der Waals surface area contributed by atoms with Gasteiger partial charge in [0.2, 0.25) is 0 Å². The van der Waals surface area contributed by atoms with Crippen molar-refractivity contribution in [3.8, 4) is 0 Å². The Morgan fingerprint density at radius 2 is 2.18 bits per heavy atom. The Morgan fingerprint density at radius 1 is 1.41 bits per heavy atom. The number of nitrogens with one attached hydrogen (secondary N) is 1. The van der Waals surface area contributed by atoms with Gasteiger partial charge in [0.25, 0.3) is 5.91 Å². The number of carbonyl (C=O) groups excluding carboxylic acids is 1. The van der Waals surface area contributed by atoms with Gasteiger partial charge in [-0.05, 0) is 44.5 Å². The molecule has 1 amide bonds. The lowest BCUT2D eigenvalue weighted by Crippen LogP contribution is -2.23. The fourth-order valence-electron chi connectivity index (χ4n) is 2.07. The number of rotatable bonds is 5. The Hall–Kier alpha value is -1.29. The molecule has 2 heterocycles. The molecule has 1 fully saturated rings. The Kier molecular flexibility index (Phi) is 4.20. The molecule has 1 aromatic heterocycles. The molecular weight excluding hydrogens is 216 g/mol. The summed E-state index contributed by atoms with van der Waals surface area (Å²) in [5, 5.41) is 2.81. The van der Waals surface area contributed by atoms with Gasteiger partial charge in [-0.1, -0.05) is 6.92 Å². The largest absolute Gasteiger partial charge is 0.455 e. The summed E-state index contributed by atoms with van der Waals surface area (Å²) in [5.41, 5.74) is 0. The summed E-state index contributed by atoms with van der Waals surface area (Å²) in [6.45, 7) is 5.82. The number of nitrogens with zero attached hydrogens (tertiary/aromatic N) is 1. The number of amides is 1. The van der Waals surface area contributed by atoms with Gasteiger partial charge in [-0.25, -0.2) is 0 Å². The van der Waals surface area contributed by atoms with Crippen LogP contribution in [0.5, 0.6) is 0 Å². The molecule has 0 aromatic carbocycles. The Morgan fingerprint density at radius 3 is 2.88 bits per heavy atom. The van der Waals surface area contributed by atoms with Gasteiger partial charge in [-0.2, -0.15) is 0 Å². The molecule has 4 nitrogen and oxygen atoms in total. The van der Waals surface area contributed by atoms with Crippen molar-refractivity contribution in [2.24, 2.45) is 0 Å². The van der Waals surface area contributed by atoms with Crippen molar-refractivity contribution in [2.45, 2.75) is 32.7 Å². The van der Waals surface area contributed by atoms with Crippen LogP contribution < -0.4 is 5.32 Å². The van der Waals surface area contributed by atoms with Gasteiger partial charge in [0.15, 0.2) is 5.76 Å².